The van der Waals surface area contributed by atoms with E-state index < -0.39 is 0 Å². The van der Waals surface area contributed by atoms with Gasteiger partial charge in [0.1, 0.15) is 11.5 Å². The van der Waals surface area contributed by atoms with Crippen molar-refractivity contribution < 1.29 is 9.21 Å². The third-order valence-corrected chi connectivity index (χ3v) is 4.35. The number of para-hydroxylation sites is 1. The molecular formula is C20H17Cl2N3O2. The van der Waals surface area contributed by atoms with Crippen molar-refractivity contribution >= 4 is 41.0 Å². The van der Waals surface area contributed by atoms with Crippen LogP contribution in [-0.4, -0.2) is 18.7 Å². The van der Waals surface area contributed by atoms with Crippen molar-refractivity contribution in [2.24, 2.45) is 5.10 Å². The van der Waals surface area contributed by atoms with Gasteiger partial charge in [-0.25, -0.2) is 5.43 Å². The predicted octanol–water partition coefficient (Wildman–Crippen LogP) is 5.12. The Morgan fingerprint density at radius 3 is 2.78 bits per heavy atom. The predicted molar refractivity (Wildman–Crippen MR) is 110 cm³/mol. The van der Waals surface area contributed by atoms with Gasteiger partial charge in [0.05, 0.1) is 17.8 Å². The van der Waals surface area contributed by atoms with E-state index in [2.05, 4.69) is 15.8 Å². The number of halogens is 2. The number of hydrogen-bond acceptors (Lipinski definition) is 4. The van der Waals surface area contributed by atoms with Crippen molar-refractivity contribution in [3.05, 3.63) is 76.0 Å². The fourth-order valence-corrected chi connectivity index (χ4v) is 2.79. The normalized spacial score (nSPS) is 10.9. The van der Waals surface area contributed by atoms with Crippen LogP contribution in [0.3, 0.4) is 0 Å². The summed E-state index contributed by atoms with van der Waals surface area (Å²) >= 11 is 12.2. The number of furan rings is 1. The molecule has 0 spiro atoms. The van der Waals surface area contributed by atoms with E-state index in [0.717, 1.165) is 11.3 Å². The average Bonchev–Trinajstić information content (AvgIpc) is 3.12. The maximum atomic E-state index is 11.9. The zero-order valence-electron chi connectivity index (χ0n) is 14.5. The summed E-state index contributed by atoms with van der Waals surface area (Å²) in [6, 6.07) is 16.4. The summed E-state index contributed by atoms with van der Waals surface area (Å²) in [6.07, 6.45) is 1.42. The lowest BCUT2D eigenvalue weighted by atomic mass is 10.2. The molecule has 1 aromatic heterocycles. The van der Waals surface area contributed by atoms with E-state index in [4.69, 9.17) is 27.6 Å². The molecule has 0 aliphatic heterocycles. The number of carbonyl (C=O) groups excluding carboxylic acids is 1. The number of hydrazone groups is 1. The quantitative estimate of drug-likeness (QED) is 0.444. The first-order chi connectivity index (χ1) is 13.0. The van der Waals surface area contributed by atoms with E-state index in [1.54, 1.807) is 30.3 Å². The highest BCUT2D eigenvalue weighted by atomic mass is 35.5. The van der Waals surface area contributed by atoms with Gasteiger partial charge in [0.2, 0.25) is 0 Å². The van der Waals surface area contributed by atoms with Gasteiger partial charge >= 0.3 is 0 Å². The molecule has 2 aromatic carbocycles. The van der Waals surface area contributed by atoms with Crippen molar-refractivity contribution in [2.75, 3.05) is 11.9 Å². The zero-order chi connectivity index (χ0) is 19.2. The fourth-order valence-electron chi connectivity index (χ4n) is 2.41. The summed E-state index contributed by atoms with van der Waals surface area (Å²) in [5.74, 6) is 0.781. The summed E-state index contributed by atoms with van der Waals surface area (Å²) in [5.41, 5.74) is 5.12. The minimum atomic E-state index is -0.265. The van der Waals surface area contributed by atoms with Crippen molar-refractivity contribution in [1.82, 2.24) is 5.43 Å². The number of hydrogen-bond donors (Lipinski definition) is 2. The Bertz CT molecular complexity index is 983. The number of nitrogens with one attached hydrogen (secondary N) is 2. The SMILES string of the molecule is Cc1ccccc1NCC(=O)N/N=C\c1ccc(-c2cc(Cl)ccc2Cl)o1. The van der Waals surface area contributed by atoms with Crippen LogP contribution >= 0.6 is 23.2 Å². The summed E-state index contributed by atoms with van der Waals surface area (Å²) in [4.78, 5) is 11.9. The second-order valence-electron chi connectivity index (χ2n) is 5.79. The van der Waals surface area contributed by atoms with Crippen molar-refractivity contribution in [3.8, 4) is 11.3 Å². The molecule has 3 aromatic rings. The summed E-state index contributed by atoms with van der Waals surface area (Å²) in [5, 5.41) is 8.07. The molecule has 1 amide bonds. The van der Waals surface area contributed by atoms with Crippen LogP contribution < -0.4 is 10.7 Å². The highest BCUT2D eigenvalue weighted by Gasteiger charge is 2.09. The molecule has 0 saturated heterocycles. The van der Waals surface area contributed by atoms with Crippen LogP contribution in [0.15, 0.2) is 64.1 Å². The molecule has 7 heteroatoms. The van der Waals surface area contributed by atoms with Gasteiger partial charge in [0.15, 0.2) is 0 Å². The molecule has 3 rings (SSSR count). The van der Waals surface area contributed by atoms with Crippen LogP contribution in [0.1, 0.15) is 11.3 Å². The van der Waals surface area contributed by atoms with E-state index in [0.29, 0.717) is 27.1 Å². The Morgan fingerprint density at radius 2 is 1.96 bits per heavy atom. The molecule has 0 aliphatic carbocycles. The Balaban J connectivity index is 1.56. The maximum absolute atomic E-state index is 11.9. The molecule has 5 nitrogen and oxygen atoms in total. The topological polar surface area (TPSA) is 66.6 Å². The second-order valence-corrected chi connectivity index (χ2v) is 6.63. The number of benzene rings is 2. The van der Waals surface area contributed by atoms with E-state index in [1.807, 2.05) is 31.2 Å². The van der Waals surface area contributed by atoms with Gasteiger partial charge in [-0.2, -0.15) is 5.10 Å². The van der Waals surface area contributed by atoms with Crippen LogP contribution in [0.2, 0.25) is 10.0 Å². The van der Waals surface area contributed by atoms with Crippen LogP contribution in [-0.2, 0) is 4.79 Å². The van der Waals surface area contributed by atoms with Crippen LogP contribution in [0, 0.1) is 6.92 Å². The summed E-state index contributed by atoms with van der Waals surface area (Å²) in [6.45, 7) is 2.09. The first-order valence-electron chi connectivity index (χ1n) is 8.19. The highest BCUT2D eigenvalue weighted by molar-refractivity contribution is 6.35. The number of carbonyl (C=O) groups is 1. The van der Waals surface area contributed by atoms with Crippen molar-refractivity contribution in [2.45, 2.75) is 6.92 Å². The van der Waals surface area contributed by atoms with Gasteiger partial charge in [-0.15, -0.1) is 0 Å². The van der Waals surface area contributed by atoms with Gasteiger partial charge in [-0.3, -0.25) is 4.79 Å². The molecule has 27 heavy (non-hydrogen) atoms. The summed E-state index contributed by atoms with van der Waals surface area (Å²) in [7, 11) is 0. The molecule has 0 aliphatic rings. The molecule has 0 atom stereocenters. The second kappa shape index (κ2) is 8.75. The molecular weight excluding hydrogens is 385 g/mol. The maximum Gasteiger partial charge on any atom is 0.259 e. The van der Waals surface area contributed by atoms with Crippen molar-refractivity contribution in [3.63, 3.8) is 0 Å². The number of amides is 1. The molecule has 0 fully saturated rings. The van der Waals surface area contributed by atoms with Crippen LogP contribution in [0.25, 0.3) is 11.3 Å². The van der Waals surface area contributed by atoms with E-state index in [9.17, 15) is 4.79 Å². The minimum absolute atomic E-state index is 0.115. The van der Waals surface area contributed by atoms with Crippen LogP contribution in [0.4, 0.5) is 5.69 Å². The molecule has 2 N–H and O–H groups in total. The van der Waals surface area contributed by atoms with Gasteiger partial charge in [0, 0.05) is 16.3 Å². The smallest absolute Gasteiger partial charge is 0.259 e. The standard InChI is InChI=1S/C20H17Cl2N3O2/c1-13-4-2-3-5-18(13)23-12-20(26)25-24-11-15-7-9-19(27-15)16-10-14(21)6-8-17(16)22/h2-11,23H,12H2,1H3,(H,25,26)/b24-11-. The monoisotopic (exact) mass is 401 g/mol. The van der Waals surface area contributed by atoms with E-state index in [-0.39, 0.29) is 12.5 Å². The number of anilines is 1. The van der Waals surface area contributed by atoms with Crippen LogP contribution in [0.5, 0.6) is 0 Å². The minimum Gasteiger partial charge on any atom is -0.455 e. The fraction of sp³-hybridized carbons (Fsp3) is 0.100. The summed E-state index contributed by atoms with van der Waals surface area (Å²) < 4.78 is 5.67. The van der Waals surface area contributed by atoms with Crippen molar-refractivity contribution in [1.29, 1.82) is 0 Å². The largest absolute Gasteiger partial charge is 0.455 e. The third-order valence-electron chi connectivity index (χ3n) is 3.79. The zero-order valence-corrected chi connectivity index (χ0v) is 16.0. The molecule has 138 valence electrons. The molecule has 0 radical (unpaired) electrons. The first kappa shape index (κ1) is 19.0. The lowest BCUT2D eigenvalue weighted by Gasteiger charge is -2.07. The Kier molecular flexibility index (Phi) is 6.16. The van der Waals surface area contributed by atoms with Gasteiger partial charge in [-0.05, 0) is 48.9 Å². The number of nitrogens with zero attached hydrogens (tertiary/aromatic N) is 1. The molecule has 0 unspecified atom stereocenters. The first-order valence-corrected chi connectivity index (χ1v) is 8.95. The average molecular weight is 402 g/mol. The van der Waals surface area contributed by atoms with Gasteiger partial charge < -0.3 is 9.73 Å². The third kappa shape index (κ3) is 5.12. The molecule has 1 heterocycles. The number of rotatable bonds is 6. The van der Waals surface area contributed by atoms with E-state index in [1.165, 1.54) is 6.21 Å². The van der Waals surface area contributed by atoms with E-state index >= 15 is 0 Å². The molecule has 0 bridgehead atoms. The Morgan fingerprint density at radius 1 is 1.15 bits per heavy atom. The lowest BCUT2D eigenvalue weighted by Crippen LogP contribution is -2.26. The van der Waals surface area contributed by atoms with Gasteiger partial charge in [-0.1, -0.05) is 41.4 Å². The Hall–Kier alpha value is -2.76. The Labute approximate surface area is 167 Å². The van der Waals surface area contributed by atoms with Gasteiger partial charge in [0.25, 0.3) is 5.91 Å². The lowest BCUT2D eigenvalue weighted by molar-refractivity contribution is -0.119. The number of aryl methyl sites for hydroxylation is 1. The highest BCUT2D eigenvalue weighted by Crippen LogP contribution is 2.31. The molecule has 0 saturated carbocycles.